The van der Waals surface area contributed by atoms with Crippen LogP contribution in [0.4, 0.5) is 23.5 Å². The number of aromatic hydroxyl groups is 1. The first-order valence-electron chi connectivity index (χ1n) is 8.92. The predicted molar refractivity (Wildman–Crippen MR) is 97.3 cm³/mol. The second kappa shape index (κ2) is 7.14. The number of aromatic nitrogens is 4. The highest BCUT2D eigenvalue weighted by molar-refractivity contribution is 5.80. The number of halogens is 4. The number of hydrogen-bond donors (Lipinski definition) is 2. The number of hydrogen-bond acceptors (Lipinski definition) is 6. The Labute approximate surface area is 163 Å². The van der Waals surface area contributed by atoms with Crippen LogP contribution in [0.25, 0.3) is 16.8 Å². The molecule has 0 spiro atoms. The molecule has 3 heterocycles. The number of rotatable bonds is 3. The fourth-order valence-corrected chi connectivity index (χ4v) is 3.57. The van der Waals surface area contributed by atoms with Crippen LogP contribution in [0.5, 0.6) is 5.75 Å². The van der Waals surface area contributed by atoms with E-state index in [0.717, 1.165) is 12.1 Å². The van der Waals surface area contributed by atoms with Gasteiger partial charge >= 0.3 is 6.18 Å². The number of nitrogens with one attached hydrogen (secondary N) is 1. The molecule has 0 amide bonds. The fraction of sp³-hybridized carbons (Fsp3) is 0.389. The average molecular weight is 410 g/mol. The maximum absolute atomic E-state index is 13.8. The normalized spacial score (nSPS) is 20.9. The molecule has 4 rings (SSSR count). The smallest absolute Gasteiger partial charge is 0.416 e. The largest absolute Gasteiger partial charge is 0.507 e. The summed E-state index contributed by atoms with van der Waals surface area (Å²) in [4.78, 5) is 1.87. The Kier molecular flexibility index (Phi) is 4.77. The van der Waals surface area contributed by atoms with Crippen LogP contribution in [-0.4, -0.2) is 62.2 Å². The second-order valence-electron chi connectivity index (χ2n) is 7.13. The molecule has 0 saturated carbocycles. The standard InChI is InChI=1S/C18H18F4N6O/c1-27-8-11(19)7-12(9-27)24-17-26-25-16(14-4-5-23-28(14)17)13-3-2-10(6-15(13)29)18(20,21)22/h2-6,11-12,29H,7-9H2,1H3,(H,24,26)/t11-,12-/m1/s1. The van der Waals surface area contributed by atoms with Crippen molar-refractivity contribution in [3.63, 3.8) is 0 Å². The van der Waals surface area contributed by atoms with Crippen molar-refractivity contribution in [2.75, 3.05) is 25.5 Å². The Bertz CT molecular complexity index is 1030. The molecule has 1 aromatic carbocycles. The van der Waals surface area contributed by atoms with Crippen LogP contribution < -0.4 is 5.32 Å². The molecule has 2 N–H and O–H groups in total. The summed E-state index contributed by atoms with van der Waals surface area (Å²) in [7, 11) is 1.83. The first-order chi connectivity index (χ1) is 13.7. The summed E-state index contributed by atoms with van der Waals surface area (Å²) in [5, 5.41) is 25.6. The van der Waals surface area contributed by atoms with Crippen molar-refractivity contribution in [2.24, 2.45) is 0 Å². The Balaban J connectivity index is 1.69. The average Bonchev–Trinajstić information content (AvgIpc) is 3.11. The van der Waals surface area contributed by atoms with E-state index in [2.05, 4.69) is 20.6 Å². The molecule has 11 heteroatoms. The molecule has 3 aromatic rings. The zero-order chi connectivity index (χ0) is 20.8. The number of phenolic OH excluding ortho intramolecular Hbond substituents is 1. The highest BCUT2D eigenvalue weighted by Gasteiger charge is 2.31. The number of piperidine rings is 1. The highest BCUT2D eigenvalue weighted by atomic mass is 19.4. The third kappa shape index (κ3) is 3.82. The van der Waals surface area contributed by atoms with Crippen LogP contribution in [0.15, 0.2) is 30.5 Å². The molecule has 1 aliphatic rings. The minimum Gasteiger partial charge on any atom is -0.507 e. The van der Waals surface area contributed by atoms with Crippen molar-refractivity contribution in [1.29, 1.82) is 0 Å². The number of fused-ring (bicyclic) bond motifs is 1. The van der Waals surface area contributed by atoms with Crippen LogP contribution in [0, 0.1) is 0 Å². The van der Waals surface area contributed by atoms with E-state index in [-0.39, 0.29) is 23.2 Å². The molecular formula is C18H18F4N6O. The third-order valence-electron chi connectivity index (χ3n) is 4.83. The summed E-state index contributed by atoms with van der Waals surface area (Å²) in [6, 6.07) is 4.07. The molecule has 0 bridgehead atoms. The molecule has 154 valence electrons. The number of likely N-dealkylation sites (N-methyl/N-ethyl adjacent to an activating group) is 1. The van der Waals surface area contributed by atoms with Gasteiger partial charge in [-0.2, -0.15) is 22.8 Å². The second-order valence-corrected chi connectivity index (χ2v) is 7.13. The van der Waals surface area contributed by atoms with E-state index in [1.165, 1.54) is 10.7 Å². The minimum atomic E-state index is -4.57. The topological polar surface area (TPSA) is 78.6 Å². The van der Waals surface area contributed by atoms with Gasteiger partial charge in [-0.15, -0.1) is 10.2 Å². The Morgan fingerprint density at radius 1 is 1.17 bits per heavy atom. The first kappa shape index (κ1) is 19.4. The molecule has 1 saturated heterocycles. The Hall–Kier alpha value is -2.95. The Morgan fingerprint density at radius 2 is 1.97 bits per heavy atom. The van der Waals surface area contributed by atoms with E-state index in [4.69, 9.17) is 0 Å². The number of nitrogens with zero attached hydrogens (tertiary/aromatic N) is 5. The van der Waals surface area contributed by atoms with E-state index >= 15 is 0 Å². The molecule has 2 atom stereocenters. The summed E-state index contributed by atoms with van der Waals surface area (Å²) >= 11 is 0. The molecule has 29 heavy (non-hydrogen) atoms. The molecule has 1 aliphatic heterocycles. The molecule has 1 fully saturated rings. The zero-order valence-corrected chi connectivity index (χ0v) is 15.4. The quantitative estimate of drug-likeness (QED) is 0.647. The van der Waals surface area contributed by atoms with Gasteiger partial charge in [-0.25, -0.2) is 4.39 Å². The Morgan fingerprint density at radius 3 is 2.66 bits per heavy atom. The van der Waals surface area contributed by atoms with Crippen molar-refractivity contribution in [3.05, 3.63) is 36.0 Å². The zero-order valence-electron chi connectivity index (χ0n) is 15.4. The SMILES string of the molecule is CN1C[C@H](F)C[C@@H](Nc2nnc(-c3ccc(C(F)(F)F)cc3O)c3ccnn23)C1. The van der Waals surface area contributed by atoms with E-state index in [9.17, 15) is 22.7 Å². The minimum absolute atomic E-state index is 0.101. The van der Waals surface area contributed by atoms with Crippen molar-refractivity contribution >= 4 is 11.5 Å². The summed E-state index contributed by atoms with van der Waals surface area (Å²) in [6.45, 7) is 0.986. The maximum Gasteiger partial charge on any atom is 0.416 e. The lowest BCUT2D eigenvalue weighted by atomic mass is 10.1. The number of anilines is 1. The molecular weight excluding hydrogens is 392 g/mol. The van der Waals surface area contributed by atoms with Gasteiger partial charge in [0.15, 0.2) is 0 Å². The lowest BCUT2D eigenvalue weighted by Gasteiger charge is -2.32. The molecule has 0 unspecified atom stereocenters. The van der Waals surface area contributed by atoms with Crippen molar-refractivity contribution in [3.8, 4) is 17.0 Å². The van der Waals surface area contributed by atoms with Crippen LogP contribution in [0.2, 0.25) is 0 Å². The first-order valence-corrected chi connectivity index (χ1v) is 8.92. The van der Waals surface area contributed by atoms with Gasteiger partial charge in [-0.3, -0.25) is 0 Å². The molecule has 7 nitrogen and oxygen atoms in total. The van der Waals surface area contributed by atoms with Crippen LogP contribution in [-0.2, 0) is 6.18 Å². The van der Waals surface area contributed by atoms with Crippen LogP contribution in [0.3, 0.4) is 0 Å². The molecule has 0 aliphatic carbocycles. The fourth-order valence-electron chi connectivity index (χ4n) is 3.57. The van der Waals surface area contributed by atoms with Gasteiger partial charge in [0.25, 0.3) is 0 Å². The number of likely N-dealkylation sites (tertiary alicyclic amines) is 1. The monoisotopic (exact) mass is 410 g/mol. The number of benzene rings is 1. The predicted octanol–water partition coefficient (Wildman–Crippen LogP) is 2.97. The van der Waals surface area contributed by atoms with Gasteiger partial charge < -0.3 is 15.3 Å². The van der Waals surface area contributed by atoms with Gasteiger partial charge in [-0.1, -0.05) is 0 Å². The molecule has 2 aromatic heterocycles. The number of alkyl halides is 4. The van der Waals surface area contributed by atoms with Gasteiger partial charge in [-0.05, 0) is 31.3 Å². The summed E-state index contributed by atoms with van der Waals surface area (Å²) in [6.07, 6.45) is -3.73. The van der Waals surface area contributed by atoms with Crippen molar-refractivity contribution in [1.82, 2.24) is 24.7 Å². The van der Waals surface area contributed by atoms with E-state index in [1.54, 1.807) is 6.07 Å². The van der Waals surface area contributed by atoms with Crippen LogP contribution >= 0.6 is 0 Å². The summed E-state index contributed by atoms with van der Waals surface area (Å²) < 4.78 is 53.8. The molecule has 0 radical (unpaired) electrons. The van der Waals surface area contributed by atoms with E-state index in [0.29, 0.717) is 31.1 Å². The van der Waals surface area contributed by atoms with Gasteiger partial charge in [0.05, 0.1) is 17.3 Å². The van der Waals surface area contributed by atoms with E-state index in [1.807, 2.05) is 11.9 Å². The van der Waals surface area contributed by atoms with Gasteiger partial charge in [0.1, 0.15) is 17.6 Å². The van der Waals surface area contributed by atoms with E-state index < -0.39 is 23.7 Å². The lowest BCUT2D eigenvalue weighted by molar-refractivity contribution is -0.137. The highest BCUT2D eigenvalue weighted by Crippen LogP contribution is 2.37. The van der Waals surface area contributed by atoms with Crippen molar-refractivity contribution in [2.45, 2.75) is 24.8 Å². The summed E-state index contributed by atoms with van der Waals surface area (Å²) in [5.41, 5.74) is -0.234. The van der Waals surface area contributed by atoms with Crippen molar-refractivity contribution < 1.29 is 22.7 Å². The number of phenols is 1. The van der Waals surface area contributed by atoms with Gasteiger partial charge in [0.2, 0.25) is 5.95 Å². The third-order valence-corrected chi connectivity index (χ3v) is 4.83. The maximum atomic E-state index is 13.8. The summed E-state index contributed by atoms with van der Waals surface area (Å²) in [5.74, 6) is -0.278. The lowest BCUT2D eigenvalue weighted by Crippen LogP contribution is -2.45. The van der Waals surface area contributed by atoms with Crippen LogP contribution in [0.1, 0.15) is 12.0 Å². The van der Waals surface area contributed by atoms with Gasteiger partial charge in [0, 0.05) is 31.1 Å².